The molecule has 0 aromatic heterocycles. The van der Waals surface area contributed by atoms with Crippen molar-refractivity contribution in [3.63, 3.8) is 0 Å². The number of nitrogens with zero attached hydrogens (tertiary/aromatic N) is 3. The molecule has 1 aliphatic rings. The molecule has 0 radical (unpaired) electrons. The first-order valence-corrected chi connectivity index (χ1v) is 14.1. The van der Waals surface area contributed by atoms with Crippen molar-refractivity contribution in [2.45, 2.75) is 30.9 Å². The van der Waals surface area contributed by atoms with Crippen molar-refractivity contribution in [3.8, 4) is 23.3 Å². The van der Waals surface area contributed by atoms with Crippen LogP contribution in [0.2, 0.25) is 0 Å². The summed E-state index contributed by atoms with van der Waals surface area (Å²) in [5.74, 6) is 6.64. The van der Waals surface area contributed by atoms with Gasteiger partial charge >= 0.3 is 6.03 Å². The van der Waals surface area contributed by atoms with Crippen LogP contribution in [0.4, 0.5) is 10.5 Å². The van der Waals surface area contributed by atoms with Gasteiger partial charge in [-0.2, -0.15) is 4.31 Å². The molecule has 2 amide bonds. The number of ether oxygens (including phenoxy) is 2. The van der Waals surface area contributed by atoms with Crippen LogP contribution in [0.15, 0.2) is 47.4 Å². The van der Waals surface area contributed by atoms with E-state index in [0.29, 0.717) is 23.5 Å². The Morgan fingerprint density at radius 2 is 1.92 bits per heavy atom. The SMILES string of the molecule is COc1ccc(NC(=O)N(C)C[C@H]2Oc3cc(C#CCN(C)C)ccc3S(=O)(=O)N([C@H](C)CO)C[C@H]2C)cc1. The predicted octanol–water partition coefficient (Wildman–Crippen LogP) is 2.54. The number of sulfonamides is 1. The van der Waals surface area contributed by atoms with E-state index in [-0.39, 0.29) is 42.3 Å². The van der Waals surface area contributed by atoms with Crippen molar-refractivity contribution in [1.29, 1.82) is 0 Å². The molecule has 0 bridgehead atoms. The first-order chi connectivity index (χ1) is 18.5. The number of likely N-dealkylation sites (N-methyl/N-ethyl adjacent to an activating group) is 1. The number of aliphatic hydroxyl groups is 1. The van der Waals surface area contributed by atoms with Crippen LogP contribution in [0.5, 0.6) is 11.5 Å². The Balaban J connectivity index is 1.92. The second-order valence-corrected chi connectivity index (χ2v) is 11.8. The molecule has 0 saturated heterocycles. The zero-order chi connectivity index (χ0) is 28.7. The maximum Gasteiger partial charge on any atom is 0.321 e. The maximum atomic E-state index is 13.6. The van der Waals surface area contributed by atoms with Crippen molar-refractivity contribution in [2.75, 3.05) is 59.8 Å². The number of amides is 2. The fraction of sp³-hybridized carbons (Fsp3) is 0.464. The maximum absolute atomic E-state index is 13.6. The Bertz CT molecular complexity index is 1300. The Hall–Kier alpha value is -3.30. The van der Waals surface area contributed by atoms with Gasteiger partial charge in [0.2, 0.25) is 10.0 Å². The second kappa shape index (κ2) is 13.2. The molecule has 0 saturated carbocycles. The van der Waals surface area contributed by atoms with Gasteiger partial charge in [-0.05, 0) is 63.5 Å². The second-order valence-electron chi connectivity index (χ2n) is 9.98. The molecule has 2 aromatic carbocycles. The van der Waals surface area contributed by atoms with E-state index in [2.05, 4.69) is 17.2 Å². The van der Waals surface area contributed by atoms with Crippen LogP contribution in [-0.2, 0) is 10.0 Å². The lowest BCUT2D eigenvalue weighted by molar-refractivity contribution is 0.0830. The highest BCUT2D eigenvalue weighted by Gasteiger charge is 2.38. The van der Waals surface area contributed by atoms with Crippen LogP contribution in [-0.4, -0.2) is 100 Å². The average molecular weight is 559 g/mol. The molecule has 0 fully saturated rings. The number of methoxy groups -OCH3 is 1. The molecule has 3 rings (SSSR count). The summed E-state index contributed by atoms with van der Waals surface area (Å²) >= 11 is 0. The quantitative estimate of drug-likeness (QED) is 0.503. The largest absolute Gasteiger partial charge is 0.497 e. The van der Waals surface area contributed by atoms with E-state index >= 15 is 0 Å². The van der Waals surface area contributed by atoms with Crippen LogP contribution in [0.1, 0.15) is 19.4 Å². The minimum absolute atomic E-state index is 0.00296. The third-order valence-electron chi connectivity index (χ3n) is 6.44. The number of aliphatic hydroxyl groups excluding tert-OH is 1. The number of carbonyl (C=O) groups is 1. The van der Waals surface area contributed by atoms with Crippen molar-refractivity contribution >= 4 is 21.7 Å². The standard InChI is InChI=1S/C28H38N4O6S/c1-20-17-32(21(2)19-33)39(35,36)27-14-9-22(8-7-15-30(3)4)16-25(27)38-26(20)18-31(5)28(34)29-23-10-12-24(37-6)13-11-23/h9-14,16,20-21,26,33H,15,17-19H2,1-6H3,(H,29,34)/t20-,21-,26-/m1/s1. The molecule has 39 heavy (non-hydrogen) atoms. The molecule has 2 N–H and O–H groups in total. The molecular weight excluding hydrogens is 520 g/mol. The molecule has 212 valence electrons. The fourth-order valence-electron chi connectivity index (χ4n) is 4.07. The number of anilines is 1. The average Bonchev–Trinajstić information content (AvgIpc) is 2.90. The van der Waals surface area contributed by atoms with Crippen LogP contribution in [0.3, 0.4) is 0 Å². The first kappa shape index (κ1) is 30.2. The highest BCUT2D eigenvalue weighted by Crippen LogP contribution is 2.34. The number of carbonyl (C=O) groups excluding carboxylic acids is 1. The minimum Gasteiger partial charge on any atom is -0.497 e. The van der Waals surface area contributed by atoms with Crippen molar-refractivity contribution in [3.05, 3.63) is 48.0 Å². The molecule has 1 heterocycles. The minimum atomic E-state index is -3.96. The van der Waals surface area contributed by atoms with Gasteiger partial charge in [-0.1, -0.05) is 18.8 Å². The Kier molecular flexibility index (Phi) is 10.2. The van der Waals surface area contributed by atoms with Gasteiger partial charge < -0.3 is 24.8 Å². The summed E-state index contributed by atoms with van der Waals surface area (Å²) in [5.41, 5.74) is 1.23. The van der Waals surface area contributed by atoms with Crippen LogP contribution < -0.4 is 14.8 Å². The molecule has 11 heteroatoms. The van der Waals surface area contributed by atoms with Crippen LogP contribution >= 0.6 is 0 Å². The summed E-state index contributed by atoms with van der Waals surface area (Å²) in [6.45, 7) is 4.07. The number of rotatable bonds is 7. The number of fused-ring (bicyclic) bond motifs is 1. The van der Waals surface area contributed by atoms with E-state index in [1.807, 2.05) is 25.9 Å². The van der Waals surface area contributed by atoms with Gasteiger partial charge in [-0.3, -0.25) is 4.90 Å². The molecular formula is C28H38N4O6S. The van der Waals surface area contributed by atoms with Gasteiger partial charge in [0.15, 0.2) is 0 Å². The van der Waals surface area contributed by atoms with E-state index in [9.17, 15) is 18.3 Å². The normalized spacial score (nSPS) is 19.4. The summed E-state index contributed by atoms with van der Waals surface area (Å²) in [4.78, 5) is 16.4. The van der Waals surface area contributed by atoms with Gasteiger partial charge in [0.05, 0.1) is 26.8 Å². The lowest BCUT2D eigenvalue weighted by Gasteiger charge is -2.37. The topological polar surface area (TPSA) is 112 Å². The third-order valence-corrected chi connectivity index (χ3v) is 8.46. The number of benzene rings is 2. The number of urea groups is 1. The summed E-state index contributed by atoms with van der Waals surface area (Å²) < 4.78 is 40.1. The van der Waals surface area contributed by atoms with Gasteiger partial charge in [0, 0.05) is 36.8 Å². The molecule has 1 aliphatic heterocycles. The molecule has 2 aromatic rings. The number of nitrogens with one attached hydrogen (secondary N) is 1. The fourth-order valence-corrected chi connectivity index (χ4v) is 5.89. The van der Waals surface area contributed by atoms with Gasteiger partial charge in [0.25, 0.3) is 0 Å². The predicted molar refractivity (Wildman–Crippen MR) is 151 cm³/mol. The Morgan fingerprint density at radius 3 is 2.54 bits per heavy atom. The molecule has 10 nitrogen and oxygen atoms in total. The van der Waals surface area contributed by atoms with E-state index in [1.54, 1.807) is 57.5 Å². The lowest BCUT2D eigenvalue weighted by atomic mass is 10.0. The lowest BCUT2D eigenvalue weighted by Crippen LogP contribution is -2.50. The number of hydrogen-bond donors (Lipinski definition) is 2. The monoisotopic (exact) mass is 558 g/mol. The third kappa shape index (κ3) is 7.64. The van der Waals surface area contributed by atoms with Crippen molar-refractivity contribution in [2.24, 2.45) is 5.92 Å². The molecule has 0 aliphatic carbocycles. The van der Waals surface area contributed by atoms with Gasteiger partial charge in [-0.15, -0.1) is 0 Å². The van der Waals surface area contributed by atoms with Gasteiger partial charge in [-0.25, -0.2) is 13.2 Å². The number of hydrogen-bond acceptors (Lipinski definition) is 7. The summed E-state index contributed by atoms with van der Waals surface area (Å²) in [5, 5.41) is 12.7. The van der Waals surface area contributed by atoms with E-state index < -0.39 is 22.2 Å². The van der Waals surface area contributed by atoms with Crippen molar-refractivity contribution in [1.82, 2.24) is 14.1 Å². The molecule has 3 atom stereocenters. The van der Waals surface area contributed by atoms with E-state index in [1.165, 1.54) is 15.3 Å². The Labute approximate surface area is 231 Å². The Morgan fingerprint density at radius 1 is 1.23 bits per heavy atom. The smallest absolute Gasteiger partial charge is 0.321 e. The van der Waals surface area contributed by atoms with Crippen molar-refractivity contribution < 1.29 is 27.8 Å². The zero-order valence-corrected chi connectivity index (χ0v) is 24.2. The van der Waals surface area contributed by atoms with E-state index in [4.69, 9.17) is 9.47 Å². The van der Waals surface area contributed by atoms with Crippen LogP contribution in [0.25, 0.3) is 0 Å². The van der Waals surface area contributed by atoms with Crippen LogP contribution in [0, 0.1) is 17.8 Å². The highest BCUT2D eigenvalue weighted by molar-refractivity contribution is 7.89. The summed E-state index contributed by atoms with van der Waals surface area (Å²) in [7, 11) is 3.09. The summed E-state index contributed by atoms with van der Waals surface area (Å²) in [6, 6.07) is 10.8. The highest BCUT2D eigenvalue weighted by atomic mass is 32.2. The van der Waals surface area contributed by atoms with Gasteiger partial charge in [0.1, 0.15) is 22.5 Å². The first-order valence-electron chi connectivity index (χ1n) is 12.7. The van der Waals surface area contributed by atoms with E-state index in [0.717, 1.165) is 0 Å². The molecule has 0 spiro atoms. The zero-order valence-electron chi connectivity index (χ0n) is 23.3. The molecule has 0 unspecified atom stereocenters. The summed E-state index contributed by atoms with van der Waals surface area (Å²) in [6.07, 6.45) is -0.538.